The van der Waals surface area contributed by atoms with Crippen LogP contribution in [0, 0.1) is 5.92 Å². The zero-order valence-corrected chi connectivity index (χ0v) is 16.5. The lowest BCUT2D eigenvalue weighted by Crippen LogP contribution is -2.49. The number of hydrogen-bond donors (Lipinski definition) is 1. The molecule has 3 unspecified atom stereocenters. The number of likely N-dealkylation sites (tertiary alicyclic amines) is 1. The zero-order chi connectivity index (χ0) is 20.1. The van der Waals surface area contributed by atoms with Gasteiger partial charge >= 0.3 is 0 Å². The van der Waals surface area contributed by atoms with Crippen LogP contribution in [0.3, 0.4) is 0 Å². The molecule has 0 radical (unpaired) electrons. The third kappa shape index (κ3) is 4.56. The standard InChI is InChI=1S/C24H27N3O2/c28-23(14-13-18-8-2-1-3-9-18)27-21-12-5-4-10-19(21)16-22(27)24(29)26-17-20-11-6-7-15-25-20/h1-3,6-9,11,13-15,19,21-22H,4-5,10,12,16-17H2,(H,26,29)/b14-13+. The number of carbonyl (C=O) groups is 2. The summed E-state index contributed by atoms with van der Waals surface area (Å²) in [5.74, 6) is 0.274. The molecule has 1 aliphatic carbocycles. The van der Waals surface area contributed by atoms with Crippen molar-refractivity contribution in [3.8, 4) is 0 Å². The molecule has 1 aliphatic heterocycles. The van der Waals surface area contributed by atoms with Crippen LogP contribution < -0.4 is 5.32 Å². The van der Waals surface area contributed by atoms with Crippen molar-refractivity contribution in [2.24, 2.45) is 5.92 Å². The van der Waals surface area contributed by atoms with Crippen LogP contribution in [0.15, 0.2) is 60.8 Å². The number of amides is 2. The molecule has 3 atom stereocenters. The Balaban J connectivity index is 1.48. The molecule has 2 heterocycles. The first-order valence-corrected chi connectivity index (χ1v) is 10.5. The van der Waals surface area contributed by atoms with E-state index in [2.05, 4.69) is 10.3 Å². The van der Waals surface area contributed by atoms with E-state index in [0.717, 1.165) is 36.9 Å². The fraction of sp³-hybridized carbons (Fsp3) is 0.375. The van der Waals surface area contributed by atoms with Gasteiger partial charge in [-0.25, -0.2) is 0 Å². The van der Waals surface area contributed by atoms with Crippen LogP contribution in [-0.2, 0) is 16.1 Å². The summed E-state index contributed by atoms with van der Waals surface area (Å²) in [6, 6.07) is 15.2. The summed E-state index contributed by atoms with van der Waals surface area (Å²) in [5, 5.41) is 2.99. The fourth-order valence-electron chi connectivity index (χ4n) is 4.63. The molecule has 1 saturated heterocycles. The monoisotopic (exact) mass is 389 g/mol. The van der Waals surface area contributed by atoms with Gasteiger partial charge in [0.15, 0.2) is 0 Å². The molecule has 2 amide bonds. The number of nitrogens with one attached hydrogen (secondary N) is 1. The van der Waals surface area contributed by atoms with Gasteiger partial charge in [0.1, 0.15) is 6.04 Å². The van der Waals surface area contributed by atoms with Crippen LogP contribution in [0.5, 0.6) is 0 Å². The molecule has 0 bridgehead atoms. The Labute approximate surface area is 171 Å². The summed E-state index contributed by atoms with van der Waals surface area (Å²) in [6.07, 6.45) is 10.3. The first kappa shape index (κ1) is 19.4. The number of aromatic nitrogens is 1. The Bertz CT molecular complexity index is 866. The maximum absolute atomic E-state index is 13.1. The summed E-state index contributed by atoms with van der Waals surface area (Å²) in [6.45, 7) is 0.382. The molecule has 4 rings (SSSR count). The van der Waals surface area contributed by atoms with Crippen molar-refractivity contribution in [3.63, 3.8) is 0 Å². The quantitative estimate of drug-likeness (QED) is 0.795. The van der Waals surface area contributed by atoms with Crippen LogP contribution in [0.25, 0.3) is 6.08 Å². The Morgan fingerprint density at radius 1 is 1.07 bits per heavy atom. The van der Waals surface area contributed by atoms with Gasteiger partial charge in [-0.2, -0.15) is 0 Å². The van der Waals surface area contributed by atoms with Gasteiger partial charge in [0.05, 0.1) is 12.2 Å². The van der Waals surface area contributed by atoms with Crippen molar-refractivity contribution < 1.29 is 9.59 Å². The molecule has 150 valence electrons. The maximum atomic E-state index is 13.1. The Kier molecular flexibility index (Phi) is 6.03. The minimum Gasteiger partial charge on any atom is -0.349 e. The smallest absolute Gasteiger partial charge is 0.247 e. The highest BCUT2D eigenvalue weighted by molar-refractivity contribution is 5.96. The van der Waals surface area contributed by atoms with E-state index in [-0.39, 0.29) is 17.9 Å². The Hall–Kier alpha value is -2.95. The highest BCUT2D eigenvalue weighted by atomic mass is 16.2. The van der Waals surface area contributed by atoms with Crippen LogP contribution in [0.1, 0.15) is 43.4 Å². The molecule has 1 aromatic heterocycles. The number of benzene rings is 1. The molecule has 0 spiro atoms. The molecular weight excluding hydrogens is 362 g/mol. The number of nitrogens with zero attached hydrogens (tertiary/aromatic N) is 2. The highest BCUT2D eigenvalue weighted by Gasteiger charge is 2.46. The van der Waals surface area contributed by atoms with Gasteiger partial charge in [0.25, 0.3) is 0 Å². The predicted molar refractivity (Wildman–Crippen MR) is 113 cm³/mol. The van der Waals surface area contributed by atoms with E-state index in [1.165, 1.54) is 6.42 Å². The lowest BCUT2D eigenvalue weighted by atomic mass is 9.84. The molecule has 2 aliphatic rings. The second-order valence-electron chi connectivity index (χ2n) is 7.89. The predicted octanol–water partition coefficient (Wildman–Crippen LogP) is 3.57. The number of hydrogen-bond acceptors (Lipinski definition) is 3. The van der Waals surface area contributed by atoms with Crippen molar-refractivity contribution in [1.29, 1.82) is 0 Å². The van der Waals surface area contributed by atoms with E-state index < -0.39 is 6.04 Å². The molecule has 1 N–H and O–H groups in total. The largest absolute Gasteiger partial charge is 0.349 e. The van der Waals surface area contributed by atoms with Crippen LogP contribution in [0.4, 0.5) is 0 Å². The second kappa shape index (κ2) is 9.03. The fourth-order valence-corrected chi connectivity index (χ4v) is 4.63. The number of pyridine rings is 1. The van der Waals surface area contributed by atoms with E-state index in [1.54, 1.807) is 12.3 Å². The van der Waals surface area contributed by atoms with Gasteiger partial charge in [0.2, 0.25) is 11.8 Å². The Morgan fingerprint density at radius 2 is 1.86 bits per heavy atom. The lowest BCUT2D eigenvalue weighted by molar-refractivity contribution is -0.137. The molecule has 1 aromatic carbocycles. The van der Waals surface area contributed by atoms with E-state index in [1.807, 2.05) is 59.5 Å². The summed E-state index contributed by atoms with van der Waals surface area (Å²) in [5.41, 5.74) is 1.80. The average molecular weight is 389 g/mol. The van der Waals surface area contributed by atoms with Crippen LogP contribution in [0.2, 0.25) is 0 Å². The summed E-state index contributed by atoms with van der Waals surface area (Å²) < 4.78 is 0. The first-order chi connectivity index (χ1) is 14.2. The summed E-state index contributed by atoms with van der Waals surface area (Å²) in [7, 11) is 0. The van der Waals surface area contributed by atoms with Gasteiger partial charge in [0, 0.05) is 18.3 Å². The maximum Gasteiger partial charge on any atom is 0.247 e. The average Bonchev–Trinajstić information content (AvgIpc) is 3.17. The molecule has 2 fully saturated rings. The van der Waals surface area contributed by atoms with Crippen molar-refractivity contribution in [2.75, 3.05) is 0 Å². The SMILES string of the molecule is O=C(NCc1ccccn1)C1CC2CCCCC2N1C(=O)/C=C/c1ccccc1. The van der Waals surface area contributed by atoms with E-state index >= 15 is 0 Å². The molecule has 5 nitrogen and oxygen atoms in total. The minimum atomic E-state index is -0.403. The van der Waals surface area contributed by atoms with Crippen LogP contribution >= 0.6 is 0 Å². The van der Waals surface area contributed by atoms with Gasteiger partial charge in [-0.1, -0.05) is 49.2 Å². The molecule has 29 heavy (non-hydrogen) atoms. The normalized spacial score (nSPS) is 23.7. The molecule has 1 saturated carbocycles. The first-order valence-electron chi connectivity index (χ1n) is 10.5. The van der Waals surface area contributed by atoms with Gasteiger partial charge in [-0.3, -0.25) is 14.6 Å². The van der Waals surface area contributed by atoms with Crippen molar-refractivity contribution >= 4 is 17.9 Å². The molecular formula is C24H27N3O2. The molecule has 5 heteroatoms. The number of rotatable bonds is 5. The molecule has 2 aromatic rings. The van der Waals surface area contributed by atoms with Crippen molar-refractivity contribution in [3.05, 3.63) is 72.1 Å². The van der Waals surface area contributed by atoms with Gasteiger partial charge < -0.3 is 10.2 Å². The summed E-state index contributed by atoms with van der Waals surface area (Å²) >= 11 is 0. The number of fused-ring (bicyclic) bond motifs is 1. The number of carbonyl (C=O) groups excluding carboxylic acids is 2. The second-order valence-corrected chi connectivity index (χ2v) is 7.89. The summed E-state index contributed by atoms with van der Waals surface area (Å²) in [4.78, 5) is 32.2. The third-order valence-electron chi connectivity index (χ3n) is 6.03. The van der Waals surface area contributed by atoms with Crippen molar-refractivity contribution in [1.82, 2.24) is 15.2 Å². The van der Waals surface area contributed by atoms with E-state index in [4.69, 9.17) is 0 Å². The Morgan fingerprint density at radius 3 is 2.66 bits per heavy atom. The minimum absolute atomic E-state index is 0.0683. The lowest BCUT2D eigenvalue weighted by Gasteiger charge is -2.33. The van der Waals surface area contributed by atoms with E-state index in [0.29, 0.717) is 12.5 Å². The van der Waals surface area contributed by atoms with E-state index in [9.17, 15) is 9.59 Å². The van der Waals surface area contributed by atoms with Crippen LogP contribution in [-0.4, -0.2) is 33.8 Å². The van der Waals surface area contributed by atoms with Gasteiger partial charge in [-0.15, -0.1) is 0 Å². The van der Waals surface area contributed by atoms with Crippen molar-refractivity contribution in [2.45, 2.75) is 50.7 Å². The zero-order valence-electron chi connectivity index (χ0n) is 16.5. The van der Waals surface area contributed by atoms with Gasteiger partial charge in [-0.05, 0) is 49.0 Å². The topological polar surface area (TPSA) is 62.3 Å². The third-order valence-corrected chi connectivity index (χ3v) is 6.03. The highest BCUT2D eigenvalue weighted by Crippen LogP contribution is 2.40.